The van der Waals surface area contributed by atoms with Gasteiger partial charge in [0.15, 0.2) is 0 Å². The summed E-state index contributed by atoms with van der Waals surface area (Å²) >= 11 is 0. The summed E-state index contributed by atoms with van der Waals surface area (Å²) in [5.41, 5.74) is 3.82. The normalized spacial score (nSPS) is 14.0. The van der Waals surface area contributed by atoms with Crippen molar-refractivity contribution < 1.29 is 4.79 Å². The van der Waals surface area contributed by atoms with E-state index in [1.165, 1.54) is 11.1 Å². The Bertz CT molecular complexity index is 953. The fraction of sp³-hybridized carbons (Fsp3) is 0.273. The summed E-state index contributed by atoms with van der Waals surface area (Å²) < 4.78 is 0. The Hall–Kier alpha value is -3.48. The predicted molar refractivity (Wildman–Crippen MR) is 113 cm³/mol. The summed E-state index contributed by atoms with van der Waals surface area (Å²) in [5.74, 6) is 0.672. The van der Waals surface area contributed by atoms with Crippen LogP contribution in [-0.4, -0.2) is 51.9 Å². The lowest BCUT2D eigenvalue weighted by Crippen LogP contribution is -2.49. The third kappa shape index (κ3) is 4.68. The first-order chi connectivity index (χ1) is 14.2. The summed E-state index contributed by atoms with van der Waals surface area (Å²) in [5, 5.41) is 3.35. The Morgan fingerprint density at radius 1 is 1.00 bits per heavy atom. The van der Waals surface area contributed by atoms with Crippen LogP contribution in [0.15, 0.2) is 61.1 Å². The number of benzene rings is 1. The summed E-state index contributed by atoms with van der Waals surface area (Å²) in [4.78, 5) is 29.6. The second-order valence-corrected chi connectivity index (χ2v) is 7.10. The number of carbonyl (C=O) groups excluding carboxylic acids is 1. The van der Waals surface area contributed by atoms with E-state index >= 15 is 0 Å². The third-order valence-electron chi connectivity index (χ3n) is 4.96. The fourth-order valence-corrected chi connectivity index (χ4v) is 3.38. The summed E-state index contributed by atoms with van der Waals surface area (Å²) in [6.45, 7) is 5.49. The van der Waals surface area contributed by atoms with Crippen molar-refractivity contribution in [2.75, 3.05) is 36.4 Å². The average molecular weight is 388 g/mol. The van der Waals surface area contributed by atoms with Gasteiger partial charge in [-0.2, -0.15) is 0 Å². The highest BCUT2D eigenvalue weighted by Gasteiger charge is 2.24. The Morgan fingerprint density at radius 3 is 2.48 bits per heavy atom. The highest BCUT2D eigenvalue weighted by atomic mass is 16.2. The first-order valence-electron chi connectivity index (χ1n) is 9.76. The number of hydrogen-bond acceptors (Lipinski definition) is 6. The Morgan fingerprint density at radius 2 is 1.79 bits per heavy atom. The molecule has 2 aromatic heterocycles. The Labute approximate surface area is 170 Å². The molecule has 29 heavy (non-hydrogen) atoms. The zero-order valence-electron chi connectivity index (χ0n) is 16.5. The summed E-state index contributed by atoms with van der Waals surface area (Å²) in [6, 6.07) is 13.9. The Kier molecular flexibility index (Phi) is 5.65. The molecule has 1 fully saturated rings. The number of nitrogens with one attached hydrogen (secondary N) is 1. The van der Waals surface area contributed by atoms with E-state index in [-0.39, 0.29) is 5.91 Å². The molecular weight excluding hydrogens is 364 g/mol. The smallest absolute Gasteiger partial charge is 0.272 e. The number of aryl methyl sites for hydroxylation is 1. The molecule has 148 valence electrons. The SMILES string of the molecule is Cc1cccc(CNc2ccc(C(=O)N3CCN(c4ncccn4)CC3)nc2)c1. The Balaban J connectivity index is 1.31. The number of carbonyl (C=O) groups is 1. The average Bonchev–Trinajstić information content (AvgIpc) is 2.78. The number of amides is 1. The molecule has 0 bridgehead atoms. The molecule has 7 heteroatoms. The molecule has 1 aliphatic heterocycles. The van der Waals surface area contributed by atoms with Crippen molar-refractivity contribution in [3.05, 3.63) is 77.9 Å². The van der Waals surface area contributed by atoms with Gasteiger partial charge in [0.25, 0.3) is 5.91 Å². The van der Waals surface area contributed by atoms with Gasteiger partial charge in [0, 0.05) is 45.1 Å². The van der Waals surface area contributed by atoms with Gasteiger partial charge in [-0.25, -0.2) is 15.0 Å². The monoisotopic (exact) mass is 388 g/mol. The second-order valence-electron chi connectivity index (χ2n) is 7.10. The van der Waals surface area contributed by atoms with Gasteiger partial charge in [-0.05, 0) is 30.7 Å². The quantitative estimate of drug-likeness (QED) is 0.724. The molecule has 0 spiro atoms. The van der Waals surface area contributed by atoms with Gasteiger partial charge in [-0.1, -0.05) is 29.8 Å². The minimum atomic E-state index is -0.0381. The first-order valence-corrected chi connectivity index (χ1v) is 9.76. The lowest BCUT2D eigenvalue weighted by molar-refractivity contribution is 0.0740. The number of piperazine rings is 1. The van der Waals surface area contributed by atoms with Gasteiger partial charge in [-0.3, -0.25) is 4.79 Å². The van der Waals surface area contributed by atoms with Crippen LogP contribution in [0.3, 0.4) is 0 Å². The zero-order valence-corrected chi connectivity index (χ0v) is 16.5. The summed E-state index contributed by atoms with van der Waals surface area (Å²) in [6.07, 6.45) is 5.19. The molecule has 0 atom stereocenters. The van der Waals surface area contributed by atoms with Gasteiger partial charge in [0.05, 0.1) is 11.9 Å². The maximum Gasteiger partial charge on any atom is 0.272 e. The molecular formula is C22H24N6O. The predicted octanol–water partition coefficient (Wildman–Crippen LogP) is 2.75. The number of pyridine rings is 1. The van der Waals surface area contributed by atoms with E-state index in [0.29, 0.717) is 37.8 Å². The second kappa shape index (κ2) is 8.68. The molecule has 1 saturated heterocycles. The maximum atomic E-state index is 12.8. The van der Waals surface area contributed by atoms with Crippen molar-refractivity contribution in [2.45, 2.75) is 13.5 Å². The highest BCUT2D eigenvalue weighted by molar-refractivity contribution is 5.92. The standard InChI is InChI=1S/C22H24N6O/c1-17-4-2-5-18(14-17)15-25-19-6-7-20(26-16-19)21(29)27-10-12-28(13-11-27)22-23-8-3-9-24-22/h2-9,14,16,25H,10-13,15H2,1H3. The van der Waals surface area contributed by atoms with Crippen LogP contribution in [0, 0.1) is 6.92 Å². The molecule has 1 aliphatic rings. The molecule has 0 unspecified atom stereocenters. The van der Waals surface area contributed by atoms with Gasteiger partial charge < -0.3 is 15.1 Å². The van der Waals surface area contributed by atoms with Crippen molar-refractivity contribution in [1.29, 1.82) is 0 Å². The van der Waals surface area contributed by atoms with Gasteiger partial charge in [-0.15, -0.1) is 0 Å². The minimum absolute atomic E-state index is 0.0381. The van der Waals surface area contributed by atoms with E-state index in [1.54, 1.807) is 30.7 Å². The lowest BCUT2D eigenvalue weighted by Gasteiger charge is -2.34. The van der Waals surface area contributed by atoms with Crippen LogP contribution in [0.1, 0.15) is 21.6 Å². The molecule has 0 aliphatic carbocycles. The molecule has 3 heterocycles. The molecule has 1 aromatic carbocycles. The van der Waals surface area contributed by atoms with Crippen molar-refractivity contribution >= 4 is 17.5 Å². The van der Waals surface area contributed by atoms with Crippen molar-refractivity contribution in [3.8, 4) is 0 Å². The van der Waals surface area contributed by atoms with Crippen molar-refractivity contribution in [3.63, 3.8) is 0 Å². The van der Waals surface area contributed by atoms with Crippen LogP contribution in [0.4, 0.5) is 11.6 Å². The molecule has 1 amide bonds. The van der Waals surface area contributed by atoms with Crippen LogP contribution in [0.5, 0.6) is 0 Å². The third-order valence-corrected chi connectivity index (χ3v) is 4.96. The lowest BCUT2D eigenvalue weighted by atomic mass is 10.1. The number of nitrogens with zero attached hydrogens (tertiary/aromatic N) is 5. The topological polar surface area (TPSA) is 74.2 Å². The van der Waals surface area contributed by atoms with E-state index in [1.807, 2.05) is 11.0 Å². The van der Waals surface area contributed by atoms with E-state index < -0.39 is 0 Å². The highest BCUT2D eigenvalue weighted by Crippen LogP contribution is 2.14. The fourth-order valence-electron chi connectivity index (χ4n) is 3.38. The van der Waals surface area contributed by atoms with Gasteiger partial charge in [0.1, 0.15) is 5.69 Å². The number of hydrogen-bond donors (Lipinski definition) is 1. The number of anilines is 2. The molecule has 4 rings (SSSR count). The van der Waals surface area contributed by atoms with Crippen LogP contribution < -0.4 is 10.2 Å². The van der Waals surface area contributed by atoms with Crippen LogP contribution in [-0.2, 0) is 6.54 Å². The molecule has 7 nitrogen and oxygen atoms in total. The first kappa shape index (κ1) is 18.9. The van der Waals surface area contributed by atoms with E-state index in [9.17, 15) is 4.79 Å². The molecule has 0 saturated carbocycles. The summed E-state index contributed by atoms with van der Waals surface area (Å²) in [7, 11) is 0. The molecule has 1 N–H and O–H groups in total. The van der Waals surface area contributed by atoms with E-state index in [0.717, 1.165) is 12.2 Å². The largest absolute Gasteiger partial charge is 0.380 e. The van der Waals surface area contributed by atoms with Crippen molar-refractivity contribution in [1.82, 2.24) is 19.9 Å². The molecule has 3 aromatic rings. The zero-order chi connectivity index (χ0) is 20.1. The van der Waals surface area contributed by atoms with Crippen LogP contribution in [0.2, 0.25) is 0 Å². The van der Waals surface area contributed by atoms with Crippen molar-refractivity contribution in [2.24, 2.45) is 0 Å². The minimum Gasteiger partial charge on any atom is -0.380 e. The molecule has 0 radical (unpaired) electrons. The maximum absolute atomic E-state index is 12.8. The number of rotatable bonds is 5. The number of aromatic nitrogens is 3. The van der Waals surface area contributed by atoms with Crippen LogP contribution in [0.25, 0.3) is 0 Å². The van der Waals surface area contributed by atoms with Gasteiger partial charge >= 0.3 is 0 Å². The van der Waals surface area contributed by atoms with E-state index in [4.69, 9.17) is 0 Å². The van der Waals surface area contributed by atoms with E-state index in [2.05, 4.69) is 56.4 Å². The van der Waals surface area contributed by atoms with Gasteiger partial charge in [0.2, 0.25) is 5.95 Å². The van der Waals surface area contributed by atoms with Crippen LogP contribution >= 0.6 is 0 Å².